The Balaban J connectivity index is 2.47. The normalized spacial score (nSPS) is 45.8. The molecule has 1 rings (SSSR count). The van der Waals surface area contributed by atoms with Crippen molar-refractivity contribution in [3.05, 3.63) is 0 Å². The van der Waals surface area contributed by atoms with E-state index in [9.17, 15) is 0 Å². The third kappa shape index (κ3) is 1.88. The van der Waals surface area contributed by atoms with Gasteiger partial charge in [-0.3, -0.25) is 0 Å². The predicted molar refractivity (Wildman–Crippen MR) is 34.6 cm³/mol. The number of hydrogen-bond acceptors (Lipinski definition) is 5. The van der Waals surface area contributed by atoms with Gasteiger partial charge < -0.3 is 25.2 Å². The number of hydrogen-bond donors (Lipinski definition) is 4. The summed E-state index contributed by atoms with van der Waals surface area (Å²) in [5.74, 6) is 0. The first-order chi connectivity index (χ1) is 5.15. The second-order valence-electron chi connectivity index (χ2n) is 2.62. The third-order valence-corrected chi connectivity index (χ3v) is 1.73. The fourth-order valence-electron chi connectivity index (χ4n) is 1.05. The molecule has 5 nitrogen and oxygen atoms in total. The van der Waals surface area contributed by atoms with E-state index in [2.05, 4.69) is 0 Å². The van der Waals surface area contributed by atoms with Gasteiger partial charge in [-0.15, -0.1) is 0 Å². The van der Waals surface area contributed by atoms with E-state index < -0.39 is 24.6 Å². The van der Waals surface area contributed by atoms with Gasteiger partial charge in [-0.05, 0) is 0 Å². The Morgan fingerprint density at radius 1 is 1.27 bits per heavy atom. The zero-order chi connectivity index (χ0) is 8.43. The lowest BCUT2D eigenvalue weighted by Gasteiger charge is -2.33. The highest BCUT2D eigenvalue weighted by Crippen LogP contribution is 2.17. The van der Waals surface area contributed by atoms with Crippen LogP contribution in [0.25, 0.3) is 0 Å². The molecule has 0 aliphatic carbocycles. The van der Waals surface area contributed by atoms with E-state index in [0.717, 1.165) is 0 Å². The van der Waals surface area contributed by atoms with Crippen molar-refractivity contribution in [3.63, 3.8) is 0 Å². The van der Waals surface area contributed by atoms with Crippen LogP contribution in [0.2, 0.25) is 0 Å². The molecule has 66 valence electrons. The summed E-state index contributed by atoms with van der Waals surface area (Å²) in [6.07, 6.45) is -4.11. The van der Waals surface area contributed by atoms with Crippen LogP contribution in [0.5, 0.6) is 0 Å². The largest absolute Gasteiger partial charge is 0.394 e. The highest BCUT2D eigenvalue weighted by molar-refractivity contribution is 4.79. The number of aliphatic hydroxyl groups excluding tert-OH is 4. The number of aliphatic hydroxyl groups is 4. The van der Waals surface area contributed by atoms with Crippen molar-refractivity contribution in [3.8, 4) is 0 Å². The average molecular weight is 164 g/mol. The van der Waals surface area contributed by atoms with Crippen molar-refractivity contribution < 1.29 is 25.2 Å². The molecule has 1 aliphatic heterocycles. The van der Waals surface area contributed by atoms with Crippen LogP contribution in [0.15, 0.2) is 0 Å². The minimum absolute atomic E-state index is 0.148. The van der Waals surface area contributed by atoms with Gasteiger partial charge in [0.25, 0.3) is 0 Å². The number of ether oxygens (including phenoxy) is 1. The van der Waals surface area contributed by atoms with Crippen molar-refractivity contribution in [2.24, 2.45) is 0 Å². The Kier molecular flexibility index (Phi) is 2.80. The van der Waals surface area contributed by atoms with Gasteiger partial charge in [0.2, 0.25) is 0 Å². The molecule has 0 saturated carbocycles. The molecule has 1 aliphatic rings. The van der Waals surface area contributed by atoms with Gasteiger partial charge in [0.1, 0.15) is 6.10 Å². The molecule has 0 aromatic rings. The van der Waals surface area contributed by atoms with E-state index in [-0.39, 0.29) is 13.0 Å². The highest BCUT2D eigenvalue weighted by atomic mass is 16.6. The van der Waals surface area contributed by atoms with Gasteiger partial charge in [0.05, 0.1) is 18.8 Å². The fourth-order valence-corrected chi connectivity index (χ4v) is 1.05. The minimum Gasteiger partial charge on any atom is -0.394 e. The summed E-state index contributed by atoms with van der Waals surface area (Å²) in [4.78, 5) is 0. The Morgan fingerprint density at radius 2 is 1.91 bits per heavy atom. The fraction of sp³-hybridized carbons (Fsp3) is 1.00. The van der Waals surface area contributed by atoms with Crippen molar-refractivity contribution in [1.82, 2.24) is 0 Å². The maximum absolute atomic E-state index is 9.05. The summed E-state index contributed by atoms with van der Waals surface area (Å²) >= 11 is 0. The van der Waals surface area contributed by atoms with Crippen molar-refractivity contribution >= 4 is 0 Å². The van der Waals surface area contributed by atoms with Crippen LogP contribution >= 0.6 is 0 Å². The Morgan fingerprint density at radius 3 is 2.36 bits per heavy atom. The van der Waals surface area contributed by atoms with Gasteiger partial charge in [-0.2, -0.15) is 0 Å². The molecule has 0 radical (unpaired) electrons. The lowest BCUT2D eigenvalue weighted by molar-refractivity contribution is -0.251. The van der Waals surface area contributed by atoms with E-state index in [4.69, 9.17) is 25.2 Å². The molecule has 4 N–H and O–H groups in total. The van der Waals surface area contributed by atoms with E-state index in [1.807, 2.05) is 0 Å². The number of rotatable bonds is 1. The highest BCUT2D eigenvalue weighted by Gasteiger charge is 2.34. The first-order valence-corrected chi connectivity index (χ1v) is 3.45. The first-order valence-electron chi connectivity index (χ1n) is 3.45. The maximum Gasteiger partial charge on any atom is 0.183 e. The molecule has 0 aromatic carbocycles. The van der Waals surface area contributed by atoms with Gasteiger partial charge in [0.15, 0.2) is 6.29 Å². The van der Waals surface area contributed by atoms with Crippen molar-refractivity contribution in [1.29, 1.82) is 0 Å². The predicted octanol–water partition coefficient (Wildman–Crippen LogP) is -2.19. The van der Waals surface area contributed by atoms with Gasteiger partial charge >= 0.3 is 0 Å². The van der Waals surface area contributed by atoms with Crippen LogP contribution in [-0.4, -0.2) is 51.6 Å². The molecule has 0 spiro atoms. The Bertz CT molecular complexity index is 116. The lowest BCUT2D eigenvalue weighted by Crippen LogP contribution is -2.49. The first kappa shape index (κ1) is 8.89. The molecule has 5 heteroatoms. The second kappa shape index (κ2) is 3.46. The lowest BCUT2D eigenvalue weighted by atomic mass is 10.0. The Hall–Kier alpha value is -0.200. The maximum atomic E-state index is 9.05. The summed E-state index contributed by atoms with van der Waals surface area (Å²) in [6, 6.07) is 0. The summed E-state index contributed by atoms with van der Waals surface area (Å²) in [7, 11) is 0. The minimum atomic E-state index is -1.39. The summed E-state index contributed by atoms with van der Waals surface area (Å²) < 4.78 is 4.71. The molecule has 1 heterocycles. The van der Waals surface area contributed by atoms with Gasteiger partial charge in [0, 0.05) is 6.42 Å². The second-order valence-corrected chi connectivity index (χ2v) is 2.62. The van der Waals surface area contributed by atoms with Gasteiger partial charge in [-0.1, -0.05) is 0 Å². The SMILES string of the molecule is OC[C@@H]1CC(O)[C@@H](O)[C@H](O)O1. The zero-order valence-corrected chi connectivity index (χ0v) is 5.92. The van der Waals surface area contributed by atoms with E-state index in [1.165, 1.54) is 0 Å². The molecule has 0 aromatic heterocycles. The van der Waals surface area contributed by atoms with Crippen LogP contribution in [0, 0.1) is 0 Å². The van der Waals surface area contributed by atoms with Crippen LogP contribution in [-0.2, 0) is 4.74 Å². The molecule has 0 amide bonds. The van der Waals surface area contributed by atoms with Crippen molar-refractivity contribution in [2.75, 3.05) is 6.61 Å². The topological polar surface area (TPSA) is 90.2 Å². The van der Waals surface area contributed by atoms with Crippen LogP contribution in [0.3, 0.4) is 0 Å². The van der Waals surface area contributed by atoms with Crippen LogP contribution in [0.4, 0.5) is 0 Å². The van der Waals surface area contributed by atoms with E-state index in [1.54, 1.807) is 0 Å². The smallest absolute Gasteiger partial charge is 0.183 e. The molecule has 1 unspecified atom stereocenters. The molecule has 1 saturated heterocycles. The molecule has 4 atom stereocenters. The van der Waals surface area contributed by atoms with Crippen LogP contribution in [0.1, 0.15) is 6.42 Å². The molecule has 1 fully saturated rings. The summed E-state index contributed by atoms with van der Waals surface area (Å²) in [6.45, 7) is -0.263. The standard InChI is InChI=1S/C6H12O5/c7-2-3-1-4(8)5(9)6(10)11-3/h3-10H,1-2H2/t3-,4?,5+,6+/m0/s1. The van der Waals surface area contributed by atoms with E-state index in [0.29, 0.717) is 0 Å². The van der Waals surface area contributed by atoms with E-state index >= 15 is 0 Å². The van der Waals surface area contributed by atoms with Crippen LogP contribution < -0.4 is 0 Å². The molecular formula is C6H12O5. The monoisotopic (exact) mass is 164 g/mol. The molecule has 0 bridgehead atoms. The Labute approximate surface area is 63.8 Å². The molecule has 11 heavy (non-hydrogen) atoms. The molecular weight excluding hydrogens is 152 g/mol. The zero-order valence-electron chi connectivity index (χ0n) is 5.92. The summed E-state index contributed by atoms with van der Waals surface area (Å²) in [5, 5.41) is 35.5. The summed E-state index contributed by atoms with van der Waals surface area (Å²) in [5.41, 5.74) is 0. The van der Waals surface area contributed by atoms with Gasteiger partial charge in [-0.25, -0.2) is 0 Å². The average Bonchev–Trinajstić information content (AvgIpc) is 1.99. The van der Waals surface area contributed by atoms with Crippen molar-refractivity contribution in [2.45, 2.75) is 31.0 Å². The third-order valence-electron chi connectivity index (χ3n) is 1.73. The quantitative estimate of drug-likeness (QED) is 0.353.